The second-order valence-electron chi connectivity index (χ2n) is 5.63. The van der Waals surface area contributed by atoms with E-state index in [9.17, 15) is 0 Å². The highest BCUT2D eigenvalue weighted by Gasteiger charge is 2.44. The first kappa shape index (κ1) is 10.4. The minimum atomic E-state index is 0.525. The van der Waals surface area contributed by atoms with Crippen molar-refractivity contribution in [2.75, 3.05) is 19.6 Å². The Morgan fingerprint density at radius 3 is 2.64 bits per heavy atom. The first-order chi connectivity index (χ1) is 6.67. The van der Waals surface area contributed by atoms with Crippen molar-refractivity contribution in [1.29, 1.82) is 0 Å². The molecule has 0 amide bonds. The molecular formula is C12H24N2. The highest BCUT2D eigenvalue weighted by molar-refractivity contribution is 4.98. The molecule has 1 aliphatic heterocycles. The van der Waals surface area contributed by atoms with Gasteiger partial charge in [0.1, 0.15) is 0 Å². The van der Waals surface area contributed by atoms with Crippen LogP contribution in [0.4, 0.5) is 0 Å². The van der Waals surface area contributed by atoms with E-state index < -0.39 is 0 Å². The molecule has 0 bridgehead atoms. The van der Waals surface area contributed by atoms with Crippen LogP contribution in [0, 0.1) is 11.3 Å². The Hall–Kier alpha value is -0.0800. The van der Waals surface area contributed by atoms with Crippen LogP contribution in [0.15, 0.2) is 0 Å². The lowest BCUT2D eigenvalue weighted by Gasteiger charge is -2.30. The standard InChI is InChI=1S/C12H24N2/c1-10(2)11-4-3-7-14(11)9-12(8-13)5-6-12/h10-11H,3-9,13H2,1-2H3. The maximum atomic E-state index is 5.84. The van der Waals surface area contributed by atoms with Crippen LogP contribution in [0.25, 0.3) is 0 Å². The Labute approximate surface area is 87.8 Å². The summed E-state index contributed by atoms with van der Waals surface area (Å²) in [6.07, 6.45) is 5.53. The fourth-order valence-corrected chi connectivity index (χ4v) is 2.84. The molecule has 1 unspecified atom stereocenters. The van der Waals surface area contributed by atoms with E-state index in [-0.39, 0.29) is 0 Å². The van der Waals surface area contributed by atoms with E-state index in [0.717, 1.165) is 18.5 Å². The fourth-order valence-electron chi connectivity index (χ4n) is 2.84. The van der Waals surface area contributed by atoms with Gasteiger partial charge in [-0.05, 0) is 50.1 Å². The van der Waals surface area contributed by atoms with Gasteiger partial charge in [-0.15, -0.1) is 0 Å². The van der Waals surface area contributed by atoms with Crippen molar-refractivity contribution < 1.29 is 0 Å². The molecule has 0 aromatic rings. The van der Waals surface area contributed by atoms with Gasteiger partial charge in [0.15, 0.2) is 0 Å². The molecule has 0 aromatic heterocycles. The summed E-state index contributed by atoms with van der Waals surface area (Å²) in [6.45, 7) is 8.18. The van der Waals surface area contributed by atoms with E-state index >= 15 is 0 Å². The Morgan fingerprint density at radius 2 is 2.14 bits per heavy atom. The summed E-state index contributed by atoms with van der Waals surface area (Å²) in [6, 6.07) is 0.832. The van der Waals surface area contributed by atoms with Crippen molar-refractivity contribution in [3.8, 4) is 0 Å². The monoisotopic (exact) mass is 196 g/mol. The van der Waals surface area contributed by atoms with E-state index in [0.29, 0.717) is 5.41 Å². The van der Waals surface area contributed by atoms with Crippen LogP contribution in [0.3, 0.4) is 0 Å². The molecule has 2 heteroatoms. The van der Waals surface area contributed by atoms with Crippen molar-refractivity contribution in [3.63, 3.8) is 0 Å². The van der Waals surface area contributed by atoms with Gasteiger partial charge in [0.05, 0.1) is 0 Å². The zero-order chi connectivity index (χ0) is 10.2. The highest BCUT2D eigenvalue weighted by Crippen LogP contribution is 2.46. The Balaban J connectivity index is 1.90. The Kier molecular flexibility index (Phi) is 2.85. The smallest absolute Gasteiger partial charge is 0.0119 e. The highest BCUT2D eigenvalue weighted by atomic mass is 15.2. The number of hydrogen-bond donors (Lipinski definition) is 1. The van der Waals surface area contributed by atoms with Crippen LogP contribution in [0.5, 0.6) is 0 Å². The minimum Gasteiger partial charge on any atom is -0.330 e. The zero-order valence-electron chi connectivity index (χ0n) is 9.63. The molecule has 2 aliphatic rings. The van der Waals surface area contributed by atoms with Crippen LogP contribution >= 0.6 is 0 Å². The fraction of sp³-hybridized carbons (Fsp3) is 1.00. The van der Waals surface area contributed by atoms with Crippen molar-refractivity contribution in [2.24, 2.45) is 17.1 Å². The van der Waals surface area contributed by atoms with Gasteiger partial charge < -0.3 is 5.73 Å². The van der Waals surface area contributed by atoms with Gasteiger partial charge in [-0.1, -0.05) is 13.8 Å². The summed E-state index contributed by atoms with van der Waals surface area (Å²) in [4.78, 5) is 2.70. The van der Waals surface area contributed by atoms with Crippen molar-refractivity contribution in [1.82, 2.24) is 4.90 Å². The summed E-state index contributed by atoms with van der Waals surface area (Å²) in [5.74, 6) is 0.811. The van der Waals surface area contributed by atoms with Crippen molar-refractivity contribution >= 4 is 0 Å². The molecule has 1 atom stereocenters. The Bertz CT molecular complexity index is 196. The van der Waals surface area contributed by atoms with Crippen molar-refractivity contribution in [3.05, 3.63) is 0 Å². The number of hydrogen-bond acceptors (Lipinski definition) is 2. The third-order valence-corrected chi connectivity index (χ3v) is 4.11. The molecule has 1 heterocycles. The predicted octanol–water partition coefficient (Wildman–Crippen LogP) is 1.85. The molecule has 1 aliphatic carbocycles. The number of nitrogens with zero attached hydrogens (tertiary/aromatic N) is 1. The van der Waals surface area contributed by atoms with Gasteiger partial charge >= 0.3 is 0 Å². The normalized spacial score (nSPS) is 31.3. The second kappa shape index (κ2) is 3.82. The molecule has 0 spiro atoms. The number of likely N-dealkylation sites (tertiary alicyclic amines) is 1. The van der Waals surface area contributed by atoms with Crippen LogP contribution in [-0.4, -0.2) is 30.6 Å². The van der Waals surface area contributed by atoms with E-state index in [1.165, 1.54) is 38.8 Å². The van der Waals surface area contributed by atoms with E-state index in [1.807, 2.05) is 0 Å². The minimum absolute atomic E-state index is 0.525. The molecule has 2 fully saturated rings. The summed E-state index contributed by atoms with van der Waals surface area (Å²) in [5.41, 5.74) is 6.37. The maximum Gasteiger partial charge on any atom is 0.0119 e. The van der Waals surface area contributed by atoms with Gasteiger partial charge in [-0.2, -0.15) is 0 Å². The molecule has 0 aromatic carbocycles. The van der Waals surface area contributed by atoms with Gasteiger partial charge in [-0.3, -0.25) is 4.90 Å². The first-order valence-corrected chi connectivity index (χ1v) is 6.11. The number of nitrogens with two attached hydrogens (primary N) is 1. The van der Waals surface area contributed by atoms with Gasteiger partial charge in [0.2, 0.25) is 0 Å². The largest absolute Gasteiger partial charge is 0.330 e. The predicted molar refractivity (Wildman–Crippen MR) is 60.2 cm³/mol. The molecule has 0 radical (unpaired) electrons. The lowest BCUT2D eigenvalue weighted by molar-refractivity contribution is 0.171. The Morgan fingerprint density at radius 1 is 1.43 bits per heavy atom. The molecular weight excluding hydrogens is 172 g/mol. The third-order valence-electron chi connectivity index (χ3n) is 4.11. The summed E-state index contributed by atoms with van der Waals surface area (Å²) in [7, 11) is 0. The molecule has 1 saturated heterocycles. The molecule has 2 rings (SSSR count). The maximum absolute atomic E-state index is 5.84. The molecule has 82 valence electrons. The second-order valence-corrected chi connectivity index (χ2v) is 5.63. The van der Waals surface area contributed by atoms with E-state index in [2.05, 4.69) is 18.7 Å². The van der Waals surface area contributed by atoms with Gasteiger partial charge in [-0.25, -0.2) is 0 Å². The molecule has 1 saturated carbocycles. The van der Waals surface area contributed by atoms with Gasteiger partial charge in [0, 0.05) is 12.6 Å². The van der Waals surface area contributed by atoms with Crippen LogP contribution in [0.1, 0.15) is 39.5 Å². The van der Waals surface area contributed by atoms with Crippen molar-refractivity contribution in [2.45, 2.75) is 45.6 Å². The molecule has 2 N–H and O–H groups in total. The topological polar surface area (TPSA) is 29.3 Å². The van der Waals surface area contributed by atoms with Crippen LogP contribution < -0.4 is 5.73 Å². The summed E-state index contributed by atoms with van der Waals surface area (Å²) in [5, 5.41) is 0. The first-order valence-electron chi connectivity index (χ1n) is 6.11. The lowest BCUT2D eigenvalue weighted by Crippen LogP contribution is -2.39. The lowest BCUT2D eigenvalue weighted by atomic mass is 10.00. The molecule has 14 heavy (non-hydrogen) atoms. The third kappa shape index (κ3) is 1.96. The van der Waals surface area contributed by atoms with E-state index in [4.69, 9.17) is 5.73 Å². The SMILES string of the molecule is CC(C)C1CCCN1CC1(CN)CC1. The van der Waals surface area contributed by atoms with Gasteiger partial charge in [0.25, 0.3) is 0 Å². The average Bonchev–Trinajstić information content (AvgIpc) is 2.76. The average molecular weight is 196 g/mol. The van der Waals surface area contributed by atoms with Crippen LogP contribution in [-0.2, 0) is 0 Å². The summed E-state index contributed by atoms with van der Waals surface area (Å²) < 4.78 is 0. The van der Waals surface area contributed by atoms with Crippen LogP contribution in [0.2, 0.25) is 0 Å². The molecule has 2 nitrogen and oxygen atoms in total. The number of rotatable bonds is 4. The van der Waals surface area contributed by atoms with E-state index in [1.54, 1.807) is 0 Å². The summed E-state index contributed by atoms with van der Waals surface area (Å²) >= 11 is 0. The zero-order valence-corrected chi connectivity index (χ0v) is 9.63. The quantitative estimate of drug-likeness (QED) is 0.743.